The van der Waals surface area contributed by atoms with E-state index in [0.717, 1.165) is 5.56 Å². The standard InChI is InChI=1S/C14H16O2S.2C2H6/c1-4-6-13(7-5-2)17(15,16)14-10-8-12(3)9-11-14;2*1-2/h4-11H,1H2,2-3H3;2*1-2H3/b7-5-,13-6+;;. The van der Waals surface area contributed by atoms with Gasteiger partial charge in [-0.05, 0) is 38.1 Å². The zero-order valence-corrected chi connectivity index (χ0v) is 14.9. The summed E-state index contributed by atoms with van der Waals surface area (Å²) in [7, 11) is -3.44. The molecule has 0 atom stereocenters. The summed E-state index contributed by atoms with van der Waals surface area (Å²) in [5, 5.41) is 0. The number of rotatable bonds is 4. The first kappa shape index (κ1) is 21.7. The van der Waals surface area contributed by atoms with E-state index in [2.05, 4.69) is 6.58 Å². The van der Waals surface area contributed by atoms with Crippen LogP contribution in [0.15, 0.2) is 64.9 Å². The van der Waals surface area contributed by atoms with E-state index < -0.39 is 9.84 Å². The molecule has 0 spiro atoms. The second kappa shape index (κ2) is 12.2. The van der Waals surface area contributed by atoms with Gasteiger partial charge in [-0.15, -0.1) is 0 Å². The molecule has 1 rings (SSSR count). The van der Waals surface area contributed by atoms with Crippen molar-refractivity contribution in [2.24, 2.45) is 0 Å². The molecule has 0 N–H and O–H groups in total. The molecule has 0 heterocycles. The summed E-state index contributed by atoms with van der Waals surface area (Å²) < 4.78 is 24.5. The normalized spacial score (nSPS) is 11.0. The third-order valence-electron chi connectivity index (χ3n) is 2.25. The largest absolute Gasteiger partial charge is 0.219 e. The van der Waals surface area contributed by atoms with Crippen LogP contribution in [0.2, 0.25) is 0 Å². The molecule has 0 unspecified atom stereocenters. The van der Waals surface area contributed by atoms with Crippen LogP contribution in [0.1, 0.15) is 40.2 Å². The highest BCUT2D eigenvalue weighted by atomic mass is 32.2. The van der Waals surface area contributed by atoms with E-state index in [9.17, 15) is 8.42 Å². The molecular formula is C18H28O2S. The van der Waals surface area contributed by atoms with Crippen molar-refractivity contribution < 1.29 is 8.42 Å². The van der Waals surface area contributed by atoms with Crippen LogP contribution in [0.25, 0.3) is 0 Å². The molecule has 0 saturated heterocycles. The van der Waals surface area contributed by atoms with Gasteiger partial charge < -0.3 is 0 Å². The van der Waals surface area contributed by atoms with Crippen molar-refractivity contribution in [1.82, 2.24) is 0 Å². The van der Waals surface area contributed by atoms with Gasteiger partial charge in [0, 0.05) is 0 Å². The molecule has 3 heteroatoms. The average Bonchev–Trinajstić information content (AvgIpc) is 2.51. The molecule has 0 saturated carbocycles. The molecule has 0 radical (unpaired) electrons. The van der Waals surface area contributed by atoms with Crippen molar-refractivity contribution in [3.63, 3.8) is 0 Å². The van der Waals surface area contributed by atoms with Crippen LogP contribution in [0.4, 0.5) is 0 Å². The van der Waals surface area contributed by atoms with Gasteiger partial charge in [0.2, 0.25) is 9.84 Å². The maximum Gasteiger partial charge on any atom is 0.206 e. The maximum atomic E-state index is 12.3. The van der Waals surface area contributed by atoms with Crippen molar-refractivity contribution in [2.75, 3.05) is 0 Å². The van der Waals surface area contributed by atoms with Crippen molar-refractivity contribution in [1.29, 1.82) is 0 Å². The quantitative estimate of drug-likeness (QED) is 0.691. The van der Waals surface area contributed by atoms with Crippen molar-refractivity contribution in [3.8, 4) is 0 Å². The maximum absolute atomic E-state index is 12.3. The summed E-state index contributed by atoms with van der Waals surface area (Å²) in [6.45, 7) is 15.2. The Morgan fingerprint density at radius 2 is 1.52 bits per heavy atom. The van der Waals surface area contributed by atoms with Gasteiger partial charge in [-0.25, -0.2) is 8.42 Å². The molecule has 0 aliphatic heterocycles. The highest BCUT2D eigenvalue weighted by molar-refractivity contribution is 7.95. The van der Waals surface area contributed by atoms with Crippen LogP contribution in [0.5, 0.6) is 0 Å². The molecule has 1 aromatic carbocycles. The average molecular weight is 308 g/mol. The zero-order valence-electron chi connectivity index (χ0n) is 14.1. The number of aryl methyl sites for hydroxylation is 1. The van der Waals surface area contributed by atoms with E-state index in [1.54, 1.807) is 43.3 Å². The van der Waals surface area contributed by atoms with Crippen molar-refractivity contribution in [2.45, 2.75) is 46.4 Å². The summed E-state index contributed by atoms with van der Waals surface area (Å²) >= 11 is 0. The lowest BCUT2D eigenvalue weighted by molar-refractivity contribution is 0.603. The molecule has 1 aromatic rings. The van der Waals surface area contributed by atoms with Crippen LogP contribution in [0, 0.1) is 6.92 Å². The van der Waals surface area contributed by atoms with Crippen LogP contribution in [0.3, 0.4) is 0 Å². The molecule has 0 aliphatic carbocycles. The molecule has 0 amide bonds. The fourth-order valence-corrected chi connectivity index (χ4v) is 2.73. The van der Waals surface area contributed by atoms with Gasteiger partial charge in [-0.1, -0.05) is 64.1 Å². The third kappa shape index (κ3) is 7.09. The Morgan fingerprint density at radius 3 is 1.90 bits per heavy atom. The van der Waals surface area contributed by atoms with Crippen LogP contribution in [-0.2, 0) is 9.84 Å². The van der Waals surface area contributed by atoms with E-state index in [0.29, 0.717) is 4.90 Å². The zero-order chi connectivity index (χ0) is 16.9. The predicted octanol–water partition coefficient (Wildman–Crippen LogP) is 5.47. The van der Waals surface area contributed by atoms with Gasteiger partial charge in [-0.2, -0.15) is 0 Å². The topological polar surface area (TPSA) is 34.1 Å². The van der Waals surface area contributed by atoms with Crippen molar-refractivity contribution >= 4 is 9.84 Å². The van der Waals surface area contributed by atoms with E-state index in [1.807, 2.05) is 34.6 Å². The molecule has 0 aliphatic rings. The first-order valence-electron chi connectivity index (χ1n) is 7.29. The monoisotopic (exact) mass is 308 g/mol. The fourth-order valence-electron chi connectivity index (χ4n) is 1.37. The lowest BCUT2D eigenvalue weighted by Crippen LogP contribution is -2.03. The summed E-state index contributed by atoms with van der Waals surface area (Å²) in [5.41, 5.74) is 1.03. The van der Waals surface area contributed by atoms with Crippen LogP contribution < -0.4 is 0 Å². The van der Waals surface area contributed by atoms with Crippen LogP contribution >= 0.6 is 0 Å². The number of sulfone groups is 1. The Hall–Kier alpha value is -1.61. The summed E-state index contributed by atoms with van der Waals surface area (Å²) in [6.07, 6.45) is 6.23. The summed E-state index contributed by atoms with van der Waals surface area (Å²) in [5.74, 6) is 0. The second-order valence-corrected chi connectivity index (χ2v) is 5.57. The summed E-state index contributed by atoms with van der Waals surface area (Å²) in [4.78, 5) is 0.549. The third-order valence-corrected chi connectivity index (χ3v) is 4.04. The highest BCUT2D eigenvalue weighted by Crippen LogP contribution is 2.20. The lowest BCUT2D eigenvalue weighted by atomic mass is 10.2. The number of hydrogen-bond acceptors (Lipinski definition) is 2. The molecule has 118 valence electrons. The Kier molecular flexibility index (Phi) is 12.6. The Labute approximate surface area is 130 Å². The number of hydrogen-bond donors (Lipinski definition) is 0. The molecule has 21 heavy (non-hydrogen) atoms. The van der Waals surface area contributed by atoms with Gasteiger partial charge in [0.05, 0.1) is 9.80 Å². The molecule has 0 bridgehead atoms. The van der Waals surface area contributed by atoms with E-state index >= 15 is 0 Å². The van der Waals surface area contributed by atoms with Gasteiger partial charge >= 0.3 is 0 Å². The molecule has 0 aromatic heterocycles. The minimum absolute atomic E-state index is 0.249. The van der Waals surface area contributed by atoms with Crippen molar-refractivity contribution in [3.05, 3.63) is 65.6 Å². The van der Waals surface area contributed by atoms with E-state index in [1.165, 1.54) is 12.2 Å². The summed E-state index contributed by atoms with van der Waals surface area (Å²) in [6, 6.07) is 6.80. The first-order valence-corrected chi connectivity index (χ1v) is 8.78. The lowest BCUT2D eigenvalue weighted by Gasteiger charge is -2.05. The van der Waals surface area contributed by atoms with Gasteiger partial charge in [-0.3, -0.25) is 0 Å². The Bertz CT molecular complexity index is 547. The number of benzene rings is 1. The minimum Gasteiger partial charge on any atom is -0.219 e. The SMILES string of the molecule is C=C/C=C(\C=C/C)S(=O)(=O)c1ccc(C)cc1.CC.CC. The van der Waals surface area contributed by atoms with E-state index in [-0.39, 0.29) is 4.91 Å². The van der Waals surface area contributed by atoms with Crippen LogP contribution in [-0.4, -0.2) is 8.42 Å². The van der Waals surface area contributed by atoms with Gasteiger partial charge in [0.1, 0.15) is 0 Å². The fraction of sp³-hybridized carbons (Fsp3) is 0.333. The number of allylic oxidation sites excluding steroid dienone is 4. The Morgan fingerprint density at radius 1 is 1.05 bits per heavy atom. The van der Waals surface area contributed by atoms with E-state index in [4.69, 9.17) is 0 Å². The van der Waals surface area contributed by atoms with Gasteiger partial charge in [0.25, 0.3) is 0 Å². The smallest absolute Gasteiger partial charge is 0.206 e. The second-order valence-electron chi connectivity index (χ2n) is 3.62. The predicted molar refractivity (Wildman–Crippen MR) is 94.2 cm³/mol. The Balaban J connectivity index is 0. The van der Waals surface area contributed by atoms with Gasteiger partial charge in [0.15, 0.2) is 0 Å². The first-order chi connectivity index (χ1) is 10.0. The molecular weight excluding hydrogens is 280 g/mol. The molecule has 0 fully saturated rings. The minimum atomic E-state index is -3.44. The highest BCUT2D eigenvalue weighted by Gasteiger charge is 2.17. The molecule has 2 nitrogen and oxygen atoms in total.